The summed E-state index contributed by atoms with van der Waals surface area (Å²) in [6.45, 7) is 5.87. The summed E-state index contributed by atoms with van der Waals surface area (Å²) in [5.41, 5.74) is 2.93. The average Bonchev–Trinajstić information content (AvgIpc) is 3.33. The molecule has 0 N–H and O–H groups in total. The third-order valence-corrected chi connectivity index (χ3v) is 4.82. The molecule has 0 spiro atoms. The van der Waals surface area contributed by atoms with E-state index in [9.17, 15) is 4.79 Å². The van der Waals surface area contributed by atoms with Gasteiger partial charge in [-0.05, 0) is 36.1 Å². The van der Waals surface area contributed by atoms with Gasteiger partial charge in [0.15, 0.2) is 0 Å². The normalized spacial score (nSPS) is 17.1. The van der Waals surface area contributed by atoms with Crippen LogP contribution < -0.4 is 0 Å². The molecule has 4 rings (SSSR count). The number of aromatic nitrogens is 3. The third kappa shape index (κ3) is 3.68. The van der Waals surface area contributed by atoms with E-state index in [1.165, 1.54) is 0 Å². The molecule has 7 nitrogen and oxygen atoms in total. The molecular formula is C20H22N4O3. The van der Waals surface area contributed by atoms with Crippen LogP contribution in [0.1, 0.15) is 47.8 Å². The summed E-state index contributed by atoms with van der Waals surface area (Å²) in [6.07, 6.45) is 5.94. The van der Waals surface area contributed by atoms with Gasteiger partial charge in [0, 0.05) is 31.7 Å². The molecule has 3 aromatic heterocycles. The quantitative estimate of drug-likeness (QED) is 0.690. The van der Waals surface area contributed by atoms with E-state index in [1.807, 2.05) is 36.9 Å². The van der Waals surface area contributed by atoms with Crippen LogP contribution in [-0.2, 0) is 11.3 Å². The summed E-state index contributed by atoms with van der Waals surface area (Å²) in [5, 5.41) is 4.88. The first-order valence-electron chi connectivity index (χ1n) is 9.17. The van der Waals surface area contributed by atoms with Crippen molar-refractivity contribution in [3.8, 4) is 0 Å². The number of hydrogen-bond donors (Lipinski definition) is 0. The highest BCUT2D eigenvalue weighted by molar-refractivity contribution is 5.97. The molecular weight excluding hydrogens is 344 g/mol. The van der Waals surface area contributed by atoms with Gasteiger partial charge in [-0.3, -0.25) is 9.78 Å². The number of rotatable bonds is 5. The van der Waals surface area contributed by atoms with E-state index in [0.29, 0.717) is 31.0 Å². The van der Waals surface area contributed by atoms with Crippen LogP contribution in [0, 0.1) is 0 Å². The highest BCUT2D eigenvalue weighted by Crippen LogP contribution is 2.25. The lowest BCUT2D eigenvalue weighted by Crippen LogP contribution is -2.30. The van der Waals surface area contributed by atoms with Crippen LogP contribution in [0.4, 0.5) is 0 Å². The lowest BCUT2D eigenvalue weighted by atomic mass is 10.1. The second kappa shape index (κ2) is 7.44. The van der Waals surface area contributed by atoms with Crippen molar-refractivity contribution < 1.29 is 14.1 Å². The Labute approximate surface area is 157 Å². The average molecular weight is 366 g/mol. The maximum atomic E-state index is 12.9. The Kier molecular flexibility index (Phi) is 4.85. The molecule has 0 saturated carbocycles. The number of amides is 1. The van der Waals surface area contributed by atoms with Crippen molar-refractivity contribution in [3.05, 3.63) is 53.6 Å². The molecule has 7 heteroatoms. The summed E-state index contributed by atoms with van der Waals surface area (Å²) in [6, 6.07) is 5.70. The number of carbonyl (C=O) groups excluding carboxylic acids is 1. The Morgan fingerprint density at radius 3 is 2.96 bits per heavy atom. The van der Waals surface area contributed by atoms with E-state index in [-0.39, 0.29) is 17.9 Å². The fourth-order valence-electron chi connectivity index (χ4n) is 3.31. The van der Waals surface area contributed by atoms with E-state index in [2.05, 4.69) is 15.1 Å². The van der Waals surface area contributed by atoms with Gasteiger partial charge < -0.3 is 14.2 Å². The molecule has 1 atom stereocenters. The van der Waals surface area contributed by atoms with Crippen LogP contribution in [-0.4, -0.2) is 45.1 Å². The summed E-state index contributed by atoms with van der Waals surface area (Å²) >= 11 is 0. The zero-order valence-electron chi connectivity index (χ0n) is 15.5. The molecule has 0 bridgehead atoms. The molecule has 0 aromatic carbocycles. The minimum absolute atomic E-state index is 0.0321. The predicted octanol–water partition coefficient (Wildman–Crippen LogP) is 3.17. The summed E-state index contributed by atoms with van der Waals surface area (Å²) in [4.78, 5) is 23.0. The van der Waals surface area contributed by atoms with Crippen molar-refractivity contribution in [2.24, 2.45) is 0 Å². The highest BCUT2D eigenvalue weighted by atomic mass is 16.5. The smallest absolute Gasteiger partial charge is 0.257 e. The van der Waals surface area contributed by atoms with Crippen molar-refractivity contribution in [2.75, 3.05) is 13.1 Å². The number of carbonyl (C=O) groups is 1. The van der Waals surface area contributed by atoms with Crippen LogP contribution in [0.5, 0.6) is 0 Å². The molecule has 1 saturated heterocycles. The molecule has 1 fully saturated rings. The molecule has 0 aliphatic carbocycles. The van der Waals surface area contributed by atoms with Gasteiger partial charge >= 0.3 is 0 Å². The Bertz CT molecular complexity index is 939. The van der Waals surface area contributed by atoms with Crippen molar-refractivity contribution in [2.45, 2.75) is 38.9 Å². The molecule has 4 heterocycles. The van der Waals surface area contributed by atoms with Gasteiger partial charge in [0.1, 0.15) is 0 Å². The maximum absolute atomic E-state index is 12.9. The molecule has 1 unspecified atom stereocenters. The van der Waals surface area contributed by atoms with Gasteiger partial charge in [-0.25, -0.2) is 4.98 Å². The number of pyridine rings is 2. The fourth-order valence-corrected chi connectivity index (χ4v) is 3.31. The predicted molar refractivity (Wildman–Crippen MR) is 99.2 cm³/mol. The van der Waals surface area contributed by atoms with Crippen molar-refractivity contribution in [1.29, 1.82) is 0 Å². The largest absolute Gasteiger partial charge is 0.372 e. The van der Waals surface area contributed by atoms with E-state index >= 15 is 0 Å². The van der Waals surface area contributed by atoms with E-state index < -0.39 is 0 Å². The molecule has 1 aliphatic rings. The summed E-state index contributed by atoms with van der Waals surface area (Å²) in [5.74, 6) is 0.173. The summed E-state index contributed by atoms with van der Waals surface area (Å²) < 4.78 is 11.2. The number of likely N-dealkylation sites (tertiary alicyclic amines) is 1. The van der Waals surface area contributed by atoms with Gasteiger partial charge in [0.05, 0.1) is 29.4 Å². The van der Waals surface area contributed by atoms with E-state index in [4.69, 9.17) is 9.26 Å². The number of ether oxygens (including phenoxy) is 1. The number of fused-ring (bicyclic) bond motifs is 1. The van der Waals surface area contributed by atoms with Crippen LogP contribution >= 0.6 is 0 Å². The lowest BCUT2D eigenvalue weighted by Gasteiger charge is -2.17. The van der Waals surface area contributed by atoms with Crippen molar-refractivity contribution in [3.63, 3.8) is 0 Å². The maximum Gasteiger partial charge on any atom is 0.257 e. The highest BCUT2D eigenvalue weighted by Gasteiger charge is 2.28. The second-order valence-corrected chi connectivity index (χ2v) is 7.13. The zero-order valence-corrected chi connectivity index (χ0v) is 15.5. The number of nitrogens with zero attached hydrogens (tertiary/aromatic N) is 4. The van der Waals surface area contributed by atoms with Crippen LogP contribution in [0.2, 0.25) is 0 Å². The lowest BCUT2D eigenvalue weighted by molar-refractivity contribution is 0.0437. The minimum Gasteiger partial charge on any atom is -0.372 e. The topological polar surface area (TPSA) is 81.4 Å². The molecule has 1 amide bonds. The fraction of sp³-hybridized carbons (Fsp3) is 0.400. The van der Waals surface area contributed by atoms with Gasteiger partial charge in [-0.2, -0.15) is 0 Å². The summed E-state index contributed by atoms with van der Waals surface area (Å²) in [7, 11) is 0. The minimum atomic E-state index is -0.0321. The molecule has 140 valence electrons. The van der Waals surface area contributed by atoms with Gasteiger partial charge in [-0.15, -0.1) is 0 Å². The number of hydrogen-bond acceptors (Lipinski definition) is 6. The second-order valence-electron chi connectivity index (χ2n) is 7.13. The molecule has 0 radical (unpaired) electrons. The van der Waals surface area contributed by atoms with Gasteiger partial charge in [0.25, 0.3) is 11.6 Å². The van der Waals surface area contributed by atoms with Crippen LogP contribution in [0.25, 0.3) is 11.1 Å². The molecule has 1 aliphatic heterocycles. The zero-order chi connectivity index (χ0) is 18.8. The first kappa shape index (κ1) is 17.6. The van der Waals surface area contributed by atoms with Crippen molar-refractivity contribution >= 4 is 17.0 Å². The van der Waals surface area contributed by atoms with Crippen LogP contribution in [0.15, 0.2) is 41.3 Å². The Hall–Kier alpha value is -2.80. The third-order valence-electron chi connectivity index (χ3n) is 4.82. The van der Waals surface area contributed by atoms with Gasteiger partial charge in [0.2, 0.25) is 0 Å². The Morgan fingerprint density at radius 2 is 2.19 bits per heavy atom. The van der Waals surface area contributed by atoms with Gasteiger partial charge in [-0.1, -0.05) is 19.0 Å². The standard InChI is InChI=1S/C20H22N4O3/c1-13(2)18-17-9-15(10-22-19(17)27-23-18)20(25)24-8-5-16(11-24)26-12-14-3-6-21-7-4-14/h3-4,6-7,9-10,13,16H,5,8,11-12H2,1-2H3. The first-order chi connectivity index (χ1) is 13.1. The van der Waals surface area contributed by atoms with E-state index in [0.717, 1.165) is 23.1 Å². The van der Waals surface area contributed by atoms with E-state index in [1.54, 1.807) is 18.6 Å². The molecule has 27 heavy (non-hydrogen) atoms. The van der Waals surface area contributed by atoms with Crippen molar-refractivity contribution in [1.82, 2.24) is 20.0 Å². The van der Waals surface area contributed by atoms with Crippen LogP contribution in [0.3, 0.4) is 0 Å². The SMILES string of the molecule is CC(C)c1noc2ncc(C(=O)N3CCC(OCc4ccncc4)C3)cc12. The molecule has 3 aromatic rings. The monoisotopic (exact) mass is 366 g/mol. The first-order valence-corrected chi connectivity index (χ1v) is 9.17. The Morgan fingerprint density at radius 1 is 1.37 bits per heavy atom. The Balaban J connectivity index is 1.42.